The van der Waals surface area contributed by atoms with Gasteiger partial charge in [0, 0.05) is 11.1 Å². The van der Waals surface area contributed by atoms with Gasteiger partial charge < -0.3 is 14.8 Å². The molecule has 0 unspecified atom stereocenters. The molecule has 126 valence electrons. The van der Waals surface area contributed by atoms with Crippen molar-refractivity contribution in [3.05, 3.63) is 30.2 Å². The van der Waals surface area contributed by atoms with Crippen molar-refractivity contribution in [1.82, 2.24) is 20.2 Å². The Kier molecular flexibility index (Phi) is 4.47. The Morgan fingerprint density at radius 1 is 1.21 bits per heavy atom. The van der Waals surface area contributed by atoms with Gasteiger partial charge >= 0.3 is 0 Å². The maximum absolute atomic E-state index is 11.0. The van der Waals surface area contributed by atoms with Crippen LogP contribution >= 0.6 is 0 Å². The van der Waals surface area contributed by atoms with Gasteiger partial charge in [0.1, 0.15) is 22.3 Å². The molecule has 0 bridgehead atoms. The van der Waals surface area contributed by atoms with E-state index in [1.807, 2.05) is 18.2 Å². The Bertz CT molecular complexity index is 945. The van der Waals surface area contributed by atoms with E-state index in [1.165, 1.54) is 14.2 Å². The van der Waals surface area contributed by atoms with Gasteiger partial charge in [-0.1, -0.05) is 0 Å². The molecule has 2 aromatic heterocycles. The normalized spacial score (nSPS) is 11.0. The molecule has 9 nitrogen and oxygen atoms in total. The molecule has 24 heavy (non-hydrogen) atoms. The Hall–Kier alpha value is -2.88. The van der Waals surface area contributed by atoms with Crippen molar-refractivity contribution in [3.63, 3.8) is 0 Å². The van der Waals surface area contributed by atoms with Crippen LogP contribution in [-0.4, -0.2) is 42.8 Å². The molecule has 0 amide bonds. The maximum atomic E-state index is 11.0. The third kappa shape index (κ3) is 3.23. The summed E-state index contributed by atoms with van der Waals surface area (Å²) in [6, 6.07) is 5.58. The van der Waals surface area contributed by atoms with Gasteiger partial charge in [-0.05, 0) is 18.2 Å². The van der Waals surface area contributed by atoms with Gasteiger partial charge in [0.05, 0.1) is 25.9 Å². The fourth-order valence-corrected chi connectivity index (χ4v) is 2.60. The number of aromatic amines is 1. The number of fused-ring (bicyclic) bond motifs is 1. The van der Waals surface area contributed by atoms with Gasteiger partial charge in [0.25, 0.3) is 5.88 Å². The fraction of sp³-hybridized carbons (Fsp3) is 0.214. The van der Waals surface area contributed by atoms with Crippen LogP contribution in [0.3, 0.4) is 0 Å². The molecule has 2 heterocycles. The van der Waals surface area contributed by atoms with E-state index in [0.29, 0.717) is 5.82 Å². The summed E-state index contributed by atoms with van der Waals surface area (Å²) in [5.74, 6) is 0.598. The van der Waals surface area contributed by atoms with E-state index >= 15 is 0 Å². The molecule has 0 aliphatic carbocycles. The number of methoxy groups -OCH3 is 2. The van der Waals surface area contributed by atoms with Crippen LogP contribution in [0.2, 0.25) is 0 Å². The Balaban J connectivity index is 2.03. The monoisotopic (exact) mass is 349 g/mol. The van der Waals surface area contributed by atoms with Gasteiger partial charge in [-0.15, -0.1) is 0 Å². The minimum Gasteiger partial charge on any atom is -0.489 e. The molecule has 0 atom stereocenters. The van der Waals surface area contributed by atoms with Crippen molar-refractivity contribution in [1.29, 1.82) is 0 Å². The molecule has 0 saturated heterocycles. The van der Waals surface area contributed by atoms with E-state index < -0.39 is 10.7 Å². The predicted molar refractivity (Wildman–Crippen MR) is 88.5 cm³/mol. The quantitative estimate of drug-likeness (QED) is 0.569. The molecule has 2 N–H and O–H groups in total. The van der Waals surface area contributed by atoms with E-state index in [9.17, 15) is 8.42 Å². The van der Waals surface area contributed by atoms with Gasteiger partial charge in [-0.25, -0.2) is 13.4 Å². The zero-order chi connectivity index (χ0) is 17.1. The van der Waals surface area contributed by atoms with E-state index in [-0.39, 0.29) is 23.2 Å². The summed E-state index contributed by atoms with van der Waals surface area (Å²) in [5.41, 5.74) is 1.64. The summed E-state index contributed by atoms with van der Waals surface area (Å²) >= 11 is 0. The zero-order valence-electron chi connectivity index (χ0n) is 12.9. The number of nitrogens with one attached hydrogen (secondary N) is 2. The van der Waals surface area contributed by atoms with Crippen molar-refractivity contribution in [2.45, 2.75) is 5.75 Å². The summed E-state index contributed by atoms with van der Waals surface area (Å²) in [4.78, 5) is 8.27. The predicted octanol–water partition coefficient (Wildman–Crippen LogP) is 1.23. The largest absolute Gasteiger partial charge is 0.489 e. The molecule has 0 saturated carbocycles. The average molecular weight is 349 g/mol. The number of hydrogen-bond donors (Lipinski definition) is 3. The molecule has 0 aliphatic rings. The SMILES string of the molecule is COc1nc(C[SH](=O)=O)nc(Nc2ccc3[nH]ncc3c2)c1OC. The number of anilines is 2. The number of H-pyrrole nitrogens is 1. The van der Waals surface area contributed by atoms with E-state index in [2.05, 4.69) is 25.5 Å². The van der Waals surface area contributed by atoms with Gasteiger partial charge in [0.2, 0.25) is 5.75 Å². The highest BCUT2D eigenvalue weighted by molar-refractivity contribution is 7.71. The molecule has 1 aromatic carbocycles. The van der Waals surface area contributed by atoms with Crippen LogP contribution in [0.5, 0.6) is 11.6 Å². The van der Waals surface area contributed by atoms with Crippen LogP contribution in [0, 0.1) is 0 Å². The van der Waals surface area contributed by atoms with Gasteiger partial charge in [-0.3, -0.25) is 5.10 Å². The average Bonchev–Trinajstić information content (AvgIpc) is 3.01. The Morgan fingerprint density at radius 2 is 2.04 bits per heavy atom. The second-order valence-electron chi connectivity index (χ2n) is 4.82. The van der Waals surface area contributed by atoms with Crippen LogP contribution in [0.4, 0.5) is 11.5 Å². The first kappa shape index (κ1) is 16.0. The highest BCUT2D eigenvalue weighted by Gasteiger charge is 2.17. The lowest BCUT2D eigenvalue weighted by Gasteiger charge is -2.14. The topological polar surface area (TPSA) is 119 Å². The molecule has 0 radical (unpaired) electrons. The van der Waals surface area contributed by atoms with Crippen LogP contribution in [0.25, 0.3) is 10.9 Å². The van der Waals surface area contributed by atoms with Crippen molar-refractivity contribution in [3.8, 4) is 11.6 Å². The summed E-state index contributed by atoms with van der Waals surface area (Å²) in [7, 11) is 0.223. The fourth-order valence-electron chi connectivity index (χ4n) is 2.22. The number of hydrogen-bond acceptors (Lipinski definition) is 8. The Morgan fingerprint density at radius 3 is 2.75 bits per heavy atom. The lowest BCUT2D eigenvalue weighted by molar-refractivity contribution is 0.341. The van der Waals surface area contributed by atoms with Crippen molar-refractivity contribution < 1.29 is 17.9 Å². The molecule has 10 heteroatoms. The van der Waals surface area contributed by atoms with Crippen LogP contribution < -0.4 is 14.8 Å². The van der Waals surface area contributed by atoms with Crippen LogP contribution in [0.1, 0.15) is 5.82 Å². The lowest BCUT2D eigenvalue weighted by Crippen LogP contribution is -2.06. The Labute approximate surface area is 139 Å². The standard InChI is InChI=1S/C14H15N5O4S/c1-22-12-13(17-11(7-24(20)21)18-14(12)23-2)16-9-3-4-10-8(5-9)6-15-19-10/h3-6,24H,7H2,1-2H3,(H,15,19)(H,16,17,18). The van der Waals surface area contributed by atoms with Crippen LogP contribution in [-0.2, 0) is 16.5 Å². The minimum atomic E-state index is -2.66. The van der Waals surface area contributed by atoms with Crippen molar-refractivity contribution in [2.75, 3.05) is 19.5 Å². The smallest absolute Gasteiger partial charge is 0.262 e. The summed E-state index contributed by atoms with van der Waals surface area (Å²) in [5, 5.41) is 10.9. The molecule has 0 fully saturated rings. The first-order chi connectivity index (χ1) is 11.6. The minimum absolute atomic E-state index is 0.121. The number of nitrogens with zero attached hydrogens (tertiary/aromatic N) is 3. The van der Waals surface area contributed by atoms with Crippen LogP contribution in [0.15, 0.2) is 24.4 Å². The third-order valence-electron chi connectivity index (χ3n) is 3.25. The summed E-state index contributed by atoms with van der Waals surface area (Å²) in [6.07, 6.45) is 1.70. The number of rotatable bonds is 6. The summed E-state index contributed by atoms with van der Waals surface area (Å²) < 4.78 is 32.4. The van der Waals surface area contributed by atoms with Gasteiger partial charge in [0.15, 0.2) is 5.82 Å². The number of aromatic nitrogens is 4. The number of ether oxygens (including phenoxy) is 2. The first-order valence-corrected chi connectivity index (χ1v) is 8.28. The van der Waals surface area contributed by atoms with E-state index in [0.717, 1.165) is 16.6 Å². The molecule has 0 spiro atoms. The molecule has 3 aromatic rings. The third-order valence-corrected chi connectivity index (χ3v) is 3.79. The second kappa shape index (κ2) is 6.71. The zero-order valence-corrected chi connectivity index (χ0v) is 13.8. The molecular weight excluding hydrogens is 334 g/mol. The molecule has 0 aliphatic heterocycles. The number of thiol groups is 1. The van der Waals surface area contributed by atoms with Crippen molar-refractivity contribution >= 4 is 33.1 Å². The van der Waals surface area contributed by atoms with E-state index in [1.54, 1.807) is 6.20 Å². The second-order valence-corrected chi connectivity index (χ2v) is 5.80. The maximum Gasteiger partial charge on any atom is 0.262 e. The highest BCUT2D eigenvalue weighted by atomic mass is 32.2. The molecule has 3 rings (SSSR count). The number of benzene rings is 1. The molecular formula is C14H15N5O4S. The van der Waals surface area contributed by atoms with E-state index in [4.69, 9.17) is 9.47 Å². The summed E-state index contributed by atoms with van der Waals surface area (Å²) in [6.45, 7) is 0. The van der Waals surface area contributed by atoms with Crippen molar-refractivity contribution in [2.24, 2.45) is 0 Å². The highest BCUT2D eigenvalue weighted by Crippen LogP contribution is 2.34. The lowest BCUT2D eigenvalue weighted by atomic mass is 10.2. The van der Waals surface area contributed by atoms with Gasteiger partial charge in [-0.2, -0.15) is 10.1 Å². The first-order valence-electron chi connectivity index (χ1n) is 6.91.